The molecule has 2 aromatic rings. The van der Waals surface area contributed by atoms with Crippen molar-refractivity contribution in [1.29, 1.82) is 0 Å². The van der Waals surface area contributed by atoms with Crippen molar-refractivity contribution in [2.45, 2.75) is 116 Å². The third-order valence-corrected chi connectivity index (χ3v) is 10.0. The van der Waals surface area contributed by atoms with E-state index in [4.69, 9.17) is 15.0 Å². The number of nitrogens with zero attached hydrogens (tertiary/aromatic N) is 4. The van der Waals surface area contributed by atoms with Crippen LogP contribution in [0.1, 0.15) is 109 Å². The average molecular weight is 598 g/mol. The third-order valence-electron chi connectivity index (χ3n) is 7.76. The fraction of sp³-hybridized carbons (Fsp3) is 0.828. The van der Waals surface area contributed by atoms with E-state index in [9.17, 15) is 9.46 Å². The molecule has 3 rings (SSSR count). The largest absolute Gasteiger partial charge is 0.382 e. The van der Waals surface area contributed by atoms with E-state index >= 15 is 0 Å². The molecule has 1 atom stereocenters. The Bertz CT molecular complexity index is 988. The Kier molecular flexibility index (Phi) is 16.5. The molecule has 9 nitrogen and oxygen atoms in total. The number of anilines is 1. The van der Waals surface area contributed by atoms with E-state index in [0.717, 1.165) is 23.8 Å². The molecule has 1 fully saturated rings. The monoisotopic (exact) mass is 597 g/mol. The first kappa shape index (κ1) is 33.3. The summed E-state index contributed by atoms with van der Waals surface area (Å²) in [6.07, 6.45) is 26.2. The van der Waals surface area contributed by atoms with Crippen LogP contribution in [0.15, 0.2) is 12.7 Å². The molecule has 0 saturated heterocycles. The van der Waals surface area contributed by atoms with Crippen LogP contribution in [0.5, 0.6) is 0 Å². The van der Waals surface area contributed by atoms with Gasteiger partial charge in [0, 0.05) is 6.54 Å². The highest BCUT2D eigenvalue weighted by Gasteiger charge is 2.19. The van der Waals surface area contributed by atoms with E-state index in [2.05, 4.69) is 15.0 Å². The van der Waals surface area contributed by atoms with Crippen LogP contribution in [0, 0.1) is 5.92 Å². The molecule has 2 aromatic heterocycles. The maximum atomic E-state index is 12.2. The van der Waals surface area contributed by atoms with Gasteiger partial charge in [-0.2, -0.15) is 11.8 Å². The Morgan fingerprint density at radius 3 is 2.33 bits per heavy atom. The molecular formula is C29H52N5O4PS. The molecular weight excluding hydrogens is 545 g/mol. The SMILES string of the molecule is Nc1ncnc2c1ncn2CCOCP(=O)(O)OCCCSCCCCCCCCCCCCC1CCCCC1. The van der Waals surface area contributed by atoms with Crippen molar-refractivity contribution in [1.82, 2.24) is 19.5 Å². The predicted molar refractivity (Wildman–Crippen MR) is 166 cm³/mol. The van der Waals surface area contributed by atoms with Crippen LogP contribution in [0.2, 0.25) is 0 Å². The second-order valence-corrected chi connectivity index (χ2v) is 14.2. The van der Waals surface area contributed by atoms with Crippen LogP contribution in [0.25, 0.3) is 11.2 Å². The lowest BCUT2D eigenvalue weighted by Gasteiger charge is -2.21. The van der Waals surface area contributed by atoms with Crippen molar-refractivity contribution in [2.75, 3.05) is 36.8 Å². The number of imidazole rings is 1. The highest BCUT2D eigenvalue weighted by molar-refractivity contribution is 7.99. The molecule has 3 N–H and O–H groups in total. The molecule has 0 aliphatic heterocycles. The quantitative estimate of drug-likeness (QED) is 0.0984. The number of thioether (sulfide) groups is 1. The minimum absolute atomic E-state index is 0.236. The van der Waals surface area contributed by atoms with Crippen molar-refractivity contribution in [2.24, 2.45) is 5.92 Å². The first-order chi connectivity index (χ1) is 19.6. The maximum Gasteiger partial charge on any atom is 0.353 e. The summed E-state index contributed by atoms with van der Waals surface area (Å²) in [4.78, 5) is 22.3. The van der Waals surface area contributed by atoms with Gasteiger partial charge in [-0.3, -0.25) is 4.57 Å². The number of hydrogen-bond donors (Lipinski definition) is 2. The minimum atomic E-state index is -3.75. The Morgan fingerprint density at radius 1 is 0.900 bits per heavy atom. The van der Waals surface area contributed by atoms with Crippen LogP contribution >= 0.6 is 19.4 Å². The van der Waals surface area contributed by atoms with Crippen LogP contribution < -0.4 is 5.73 Å². The van der Waals surface area contributed by atoms with Gasteiger partial charge in [-0.05, 0) is 30.3 Å². The summed E-state index contributed by atoms with van der Waals surface area (Å²) >= 11 is 1.90. The Balaban J connectivity index is 1.04. The first-order valence-corrected chi connectivity index (χ1v) is 18.5. The standard InChI is InChI=1S/C29H52N5O4PS/c30-28-27-29(32-23-31-28)34(24-33-27)18-20-37-25-39(35,36)38-19-14-22-40-21-13-8-6-4-2-1-3-5-7-10-15-26-16-11-9-12-17-26/h23-24,26H,1-22,25H2,(H,35,36)(H2,30,31,32). The molecule has 0 amide bonds. The molecule has 40 heavy (non-hydrogen) atoms. The summed E-state index contributed by atoms with van der Waals surface area (Å²) in [5.74, 6) is 3.47. The van der Waals surface area contributed by atoms with Gasteiger partial charge in [-0.1, -0.05) is 96.3 Å². The number of nitrogens with two attached hydrogens (primary N) is 1. The molecule has 1 aliphatic carbocycles. The summed E-state index contributed by atoms with van der Waals surface area (Å²) in [6, 6.07) is 0. The molecule has 228 valence electrons. The molecule has 0 radical (unpaired) electrons. The number of nitrogen functional groups attached to an aromatic ring is 1. The number of rotatable bonds is 23. The first-order valence-electron chi connectivity index (χ1n) is 15.6. The molecule has 1 saturated carbocycles. The molecule has 1 aliphatic rings. The fourth-order valence-electron chi connectivity index (χ4n) is 5.44. The van der Waals surface area contributed by atoms with Crippen molar-refractivity contribution in [3.63, 3.8) is 0 Å². The van der Waals surface area contributed by atoms with Gasteiger partial charge in [0.05, 0.1) is 19.5 Å². The second kappa shape index (κ2) is 19.8. The van der Waals surface area contributed by atoms with Gasteiger partial charge >= 0.3 is 7.60 Å². The Morgan fingerprint density at radius 2 is 1.57 bits per heavy atom. The zero-order chi connectivity index (χ0) is 28.3. The third kappa shape index (κ3) is 13.6. The van der Waals surface area contributed by atoms with E-state index in [1.165, 1.54) is 109 Å². The highest BCUT2D eigenvalue weighted by Crippen LogP contribution is 2.41. The number of hydrogen-bond acceptors (Lipinski definition) is 8. The van der Waals surface area contributed by atoms with Gasteiger partial charge in [0.2, 0.25) is 0 Å². The second-order valence-electron chi connectivity index (χ2n) is 11.2. The molecule has 0 bridgehead atoms. The molecule has 2 heterocycles. The van der Waals surface area contributed by atoms with Gasteiger partial charge in [0.25, 0.3) is 0 Å². The number of ether oxygens (including phenoxy) is 1. The zero-order valence-corrected chi connectivity index (χ0v) is 26.1. The number of fused-ring (bicyclic) bond motifs is 1. The molecule has 1 unspecified atom stereocenters. The average Bonchev–Trinajstić information content (AvgIpc) is 3.37. The smallest absolute Gasteiger partial charge is 0.353 e. The van der Waals surface area contributed by atoms with E-state index in [-0.39, 0.29) is 19.6 Å². The zero-order valence-electron chi connectivity index (χ0n) is 24.4. The van der Waals surface area contributed by atoms with E-state index < -0.39 is 7.60 Å². The van der Waals surface area contributed by atoms with Crippen LogP contribution in [-0.4, -0.2) is 55.5 Å². The Labute approximate surface area is 245 Å². The van der Waals surface area contributed by atoms with Gasteiger partial charge in [-0.25, -0.2) is 15.0 Å². The van der Waals surface area contributed by atoms with Crippen molar-refractivity contribution < 1.29 is 18.7 Å². The highest BCUT2D eigenvalue weighted by atomic mass is 32.2. The van der Waals surface area contributed by atoms with Crippen LogP contribution in [-0.2, 0) is 20.4 Å². The van der Waals surface area contributed by atoms with Gasteiger partial charge in [0.15, 0.2) is 11.5 Å². The number of unbranched alkanes of at least 4 members (excludes halogenated alkanes) is 9. The summed E-state index contributed by atoms with van der Waals surface area (Å²) < 4.78 is 24.6. The Hall–Kier alpha value is -1.19. The predicted octanol–water partition coefficient (Wildman–Crippen LogP) is 7.58. The summed E-state index contributed by atoms with van der Waals surface area (Å²) in [6.45, 7) is 0.941. The lowest BCUT2D eigenvalue weighted by molar-refractivity contribution is 0.138. The van der Waals surface area contributed by atoms with Gasteiger partial charge in [-0.15, -0.1) is 0 Å². The molecule has 0 aromatic carbocycles. The van der Waals surface area contributed by atoms with Crippen LogP contribution in [0.3, 0.4) is 0 Å². The van der Waals surface area contributed by atoms with Gasteiger partial charge in [0.1, 0.15) is 18.2 Å². The van der Waals surface area contributed by atoms with E-state index in [0.29, 0.717) is 23.5 Å². The van der Waals surface area contributed by atoms with Crippen molar-refractivity contribution in [3.05, 3.63) is 12.7 Å². The van der Waals surface area contributed by atoms with Crippen LogP contribution in [0.4, 0.5) is 5.82 Å². The summed E-state index contributed by atoms with van der Waals surface area (Å²) in [5.41, 5.74) is 6.93. The maximum absolute atomic E-state index is 12.2. The summed E-state index contributed by atoms with van der Waals surface area (Å²) in [7, 11) is -3.75. The van der Waals surface area contributed by atoms with Gasteiger partial charge < -0.3 is 24.5 Å². The lowest BCUT2D eigenvalue weighted by atomic mass is 9.85. The van der Waals surface area contributed by atoms with Crippen molar-refractivity contribution >= 4 is 36.3 Å². The van der Waals surface area contributed by atoms with E-state index in [1.54, 1.807) is 10.9 Å². The summed E-state index contributed by atoms with van der Waals surface area (Å²) in [5, 5.41) is 0. The fourth-order valence-corrected chi connectivity index (χ4v) is 7.22. The topological polar surface area (TPSA) is 125 Å². The molecule has 11 heteroatoms. The normalized spacial score (nSPS) is 16.0. The molecule has 0 spiro atoms. The van der Waals surface area contributed by atoms with E-state index in [1.807, 2.05) is 11.8 Å². The lowest BCUT2D eigenvalue weighted by Crippen LogP contribution is -2.08. The number of aromatic nitrogens is 4. The van der Waals surface area contributed by atoms with Crippen molar-refractivity contribution in [3.8, 4) is 0 Å². The minimum Gasteiger partial charge on any atom is -0.382 e.